The van der Waals surface area contributed by atoms with Crippen molar-refractivity contribution >= 4 is 22.4 Å². The largest absolute Gasteiger partial charge is 0.493 e. The molecule has 1 N–H and O–H groups in total. The van der Waals surface area contributed by atoms with Gasteiger partial charge in [0.15, 0.2) is 0 Å². The zero-order valence-corrected chi connectivity index (χ0v) is 18.6. The van der Waals surface area contributed by atoms with Crippen LogP contribution in [0.1, 0.15) is 34.0 Å². The number of ether oxygens (including phenoxy) is 2. The summed E-state index contributed by atoms with van der Waals surface area (Å²) in [5, 5.41) is 5.27. The predicted molar refractivity (Wildman–Crippen MR) is 130 cm³/mol. The molecule has 0 aromatic heterocycles. The molecule has 0 unspecified atom stereocenters. The van der Waals surface area contributed by atoms with Gasteiger partial charge in [-0.3, -0.25) is 4.79 Å². The molecule has 0 saturated carbocycles. The van der Waals surface area contributed by atoms with Gasteiger partial charge in [0.25, 0.3) is 5.91 Å². The van der Waals surface area contributed by atoms with E-state index < -0.39 is 0 Å². The van der Waals surface area contributed by atoms with Crippen LogP contribution in [0.4, 0.5) is 5.69 Å². The third-order valence-corrected chi connectivity index (χ3v) is 5.50. The van der Waals surface area contributed by atoms with Gasteiger partial charge < -0.3 is 14.8 Å². The molecule has 4 aromatic rings. The van der Waals surface area contributed by atoms with Crippen LogP contribution in [0.3, 0.4) is 0 Å². The minimum atomic E-state index is -0.164. The Labute approximate surface area is 188 Å². The second-order valence-corrected chi connectivity index (χ2v) is 7.81. The van der Waals surface area contributed by atoms with Gasteiger partial charge in [0, 0.05) is 16.8 Å². The Balaban J connectivity index is 1.53. The smallest absolute Gasteiger partial charge is 0.255 e. The molecule has 32 heavy (non-hydrogen) atoms. The third kappa shape index (κ3) is 4.92. The van der Waals surface area contributed by atoms with Gasteiger partial charge in [-0.05, 0) is 85.1 Å². The SMILES string of the molecule is CCOc1ccc(C(=O)Nc2ccc(C)c(C)c2)cc1COc1ccc2ccccc2c1. The molecule has 4 aromatic carbocycles. The van der Waals surface area contributed by atoms with Crippen molar-refractivity contribution in [1.82, 2.24) is 0 Å². The quantitative estimate of drug-likeness (QED) is 0.359. The van der Waals surface area contributed by atoms with Gasteiger partial charge in [0.05, 0.1) is 6.61 Å². The Hall–Kier alpha value is -3.79. The number of aryl methyl sites for hydroxylation is 2. The standard InChI is InChI=1S/C28H27NO3/c1-4-31-27-14-11-23(28(30)29-25-12-9-19(2)20(3)15-25)16-24(27)18-32-26-13-10-21-7-5-6-8-22(21)17-26/h5-17H,4,18H2,1-3H3,(H,29,30). The summed E-state index contributed by atoms with van der Waals surface area (Å²) >= 11 is 0. The van der Waals surface area contributed by atoms with E-state index in [2.05, 4.69) is 24.4 Å². The predicted octanol–water partition coefficient (Wildman–Crippen LogP) is 6.69. The maximum atomic E-state index is 12.9. The van der Waals surface area contributed by atoms with Gasteiger partial charge in [-0.15, -0.1) is 0 Å². The first-order chi connectivity index (χ1) is 15.5. The summed E-state index contributed by atoms with van der Waals surface area (Å²) in [6.45, 7) is 6.86. The summed E-state index contributed by atoms with van der Waals surface area (Å²) < 4.78 is 11.8. The lowest BCUT2D eigenvalue weighted by atomic mass is 10.1. The lowest BCUT2D eigenvalue weighted by Crippen LogP contribution is -2.13. The van der Waals surface area contributed by atoms with Gasteiger partial charge in [0.1, 0.15) is 18.1 Å². The van der Waals surface area contributed by atoms with Gasteiger partial charge in [0.2, 0.25) is 0 Å². The Morgan fingerprint density at radius 1 is 0.812 bits per heavy atom. The van der Waals surface area contributed by atoms with Gasteiger partial charge in [-0.25, -0.2) is 0 Å². The lowest BCUT2D eigenvalue weighted by molar-refractivity contribution is 0.102. The third-order valence-electron chi connectivity index (χ3n) is 5.50. The number of nitrogens with one attached hydrogen (secondary N) is 1. The molecule has 4 heteroatoms. The molecule has 4 nitrogen and oxygen atoms in total. The van der Waals surface area contributed by atoms with Crippen LogP contribution in [0.15, 0.2) is 78.9 Å². The number of rotatable bonds is 7. The second kappa shape index (κ2) is 9.56. The van der Waals surface area contributed by atoms with Crippen LogP contribution in [0.25, 0.3) is 10.8 Å². The molecule has 0 spiro atoms. The van der Waals surface area contributed by atoms with E-state index in [0.717, 1.165) is 33.7 Å². The number of carbonyl (C=O) groups excluding carboxylic acids is 1. The summed E-state index contributed by atoms with van der Waals surface area (Å²) in [5.74, 6) is 1.33. The molecule has 0 fully saturated rings. The Bertz CT molecular complexity index is 1260. The van der Waals surface area contributed by atoms with Crippen molar-refractivity contribution in [2.75, 3.05) is 11.9 Å². The van der Waals surface area contributed by atoms with E-state index in [4.69, 9.17) is 9.47 Å². The van der Waals surface area contributed by atoms with Crippen molar-refractivity contribution in [3.8, 4) is 11.5 Å². The van der Waals surface area contributed by atoms with E-state index in [-0.39, 0.29) is 5.91 Å². The highest BCUT2D eigenvalue weighted by molar-refractivity contribution is 6.04. The van der Waals surface area contributed by atoms with Gasteiger partial charge in [-0.1, -0.05) is 36.4 Å². The summed E-state index contributed by atoms with van der Waals surface area (Å²) in [7, 11) is 0. The fourth-order valence-corrected chi connectivity index (χ4v) is 3.57. The van der Waals surface area contributed by atoms with Crippen LogP contribution >= 0.6 is 0 Å². The zero-order valence-electron chi connectivity index (χ0n) is 18.6. The molecular formula is C28H27NO3. The Morgan fingerprint density at radius 2 is 1.62 bits per heavy atom. The molecule has 0 saturated heterocycles. The van der Waals surface area contributed by atoms with Crippen molar-refractivity contribution in [2.45, 2.75) is 27.4 Å². The summed E-state index contributed by atoms with van der Waals surface area (Å²) in [6, 6.07) is 25.5. The molecule has 0 atom stereocenters. The van der Waals surface area contributed by atoms with Crippen LogP contribution in [0.2, 0.25) is 0 Å². The number of hydrogen-bond donors (Lipinski definition) is 1. The van der Waals surface area contributed by atoms with Crippen molar-refractivity contribution in [3.05, 3.63) is 101 Å². The monoisotopic (exact) mass is 425 g/mol. The van der Waals surface area contributed by atoms with E-state index >= 15 is 0 Å². The van der Waals surface area contributed by atoms with Crippen LogP contribution in [-0.4, -0.2) is 12.5 Å². The van der Waals surface area contributed by atoms with Gasteiger partial charge in [-0.2, -0.15) is 0 Å². The van der Waals surface area contributed by atoms with E-state index in [1.807, 2.05) is 74.5 Å². The number of fused-ring (bicyclic) bond motifs is 1. The highest BCUT2D eigenvalue weighted by Gasteiger charge is 2.12. The van der Waals surface area contributed by atoms with Crippen molar-refractivity contribution in [2.24, 2.45) is 0 Å². The molecule has 1 amide bonds. The number of carbonyl (C=O) groups is 1. The number of hydrogen-bond acceptors (Lipinski definition) is 3. The molecule has 162 valence electrons. The maximum Gasteiger partial charge on any atom is 0.255 e. The highest BCUT2D eigenvalue weighted by atomic mass is 16.5. The average molecular weight is 426 g/mol. The Morgan fingerprint density at radius 3 is 2.41 bits per heavy atom. The number of amides is 1. The molecule has 0 heterocycles. The average Bonchev–Trinajstić information content (AvgIpc) is 2.80. The maximum absolute atomic E-state index is 12.9. The van der Waals surface area contributed by atoms with Crippen molar-refractivity contribution in [1.29, 1.82) is 0 Å². The van der Waals surface area contributed by atoms with Crippen molar-refractivity contribution < 1.29 is 14.3 Å². The summed E-state index contributed by atoms with van der Waals surface area (Å²) in [6.07, 6.45) is 0. The first-order valence-corrected chi connectivity index (χ1v) is 10.8. The summed E-state index contributed by atoms with van der Waals surface area (Å²) in [4.78, 5) is 12.9. The van der Waals surface area contributed by atoms with Gasteiger partial charge >= 0.3 is 0 Å². The van der Waals surface area contributed by atoms with E-state index in [0.29, 0.717) is 18.8 Å². The van der Waals surface area contributed by atoms with Crippen LogP contribution in [0, 0.1) is 13.8 Å². The zero-order chi connectivity index (χ0) is 22.5. The van der Waals surface area contributed by atoms with Crippen LogP contribution < -0.4 is 14.8 Å². The second-order valence-electron chi connectivity index (χ2n) is 7.81. The molecule has 0 aliphatic heterocycles. The molecule has 0 aliphatic carbocycles. The first-order valence-electron chi connectivity index (χ1n) is 10.8. The number of benzene rings is 4. The fourth-order valence-electron chi connectivity index (χ4n) is 3.57. The van der Waals surface area contributed by atoms with E-state index in [1.54, 1.807) is 6.07 Å². The highest BCUT2D eigenvalue weighted by Crippen LogP contribution is 2.26. The molecule has 0 bridgehead atoms. The fraction of sp³-hybridized carbons (Fsp3) is 0.179. The first kappa shape index (κ1) is 21.4. The topological polar surface area (TPSA) is 47.6 Å². The van der Waals surface area contributed by atoms with E-state index in [1.165, 1.54) is 10.9 Å². The molecule has 0 radical (unpaired) electrons. The molecular weight excluding hydrogens is 398 g/mol. The van der Waals surface area contributed by atoms with E-state index in [9.17, 15) is 4.79 Å². The summed E-state index contributed by atoms with van der Waals surface area (Å²) in [5.41, 5.74) is 4.49. The van der Waals surface area contributed by atoms with Crippen LogP contribution in [0.5, 0.6) is 11.5 Å². The van der Waals surface area contributed by atoms with Crippen LogP contribution in [-0.2, 0) is 6.61 Å². The van der Waals surface area contributed by atoms with Crippen molar-refractivity contribution in [3.63, 3.8) is 0 Å². The minimum Gasteiger partial charge on any atom is -0.493 e. The minimum absolute atomic E-state index is 0.164. The molecule has 4 rings (SSSR count). The number of anilines is 1. The lowest BCUT2D eigenvalue weighted by Gasteiger charge is -2.14. The Kier molecular flexibility index (Phi) is 6.41. The molecule has 0 aliphatic rings. The normalized spacial score (nSPS) is 10.7.